The maximum atomic E-state index is 12.9. The van der Waals surface area contributed by atoms with Crippen LogP contribution >= 0.6 is 0 Å². The molecule has 0 fully saturated rings. The number of hydrogen-bond donors (Lipinski definition) is 3. The molecule has 34 heavy (non-hydrogen) atoms. The quantitative estimate of drug-likeness (QED) is 0.491. The number of alkyl carbamates (subject to hydrolysis) is 1. The van der Waals surface area contributed by atoms with Crippen molar-refractivity contribution in [2.24, 2.45) is 7.05 Å². The number of hydrogen-bond acceptors (Lipinski definition) is 5. The first-order valence-corrected chi connectivity index (χ1v) is 10.9. The van der Waals surface area contributed by atoms with Crippen LogP contribution in [0.5, 0.6) is 0 Å². The van der Waals surface area contributed by atoms with Gasteiger partial charge in [-0.3, -0.25) is 9.48 Å². The van der Waals surface area contributed by atoms with E-state index in [4.69, 9.17) is 4.74 Å². The van der Waals surface area contributed by atoms with Crippen LogP contribution in [0.4, 0.5) is 10.6 Å². The van der Waals surface area contributed by atoms with Crippen molar-refractivity contribution >= 4 is 23.8 Å². The zero-order chi connectivity index (χ0) is 24.5. The number of ether oxygens (including phenoxy) is 1. The second-order valence-electron chi connectivity index (χ2n) is 8.46. The number of aromatic nitrogens is 2. The van der Waals surface area contributed by atoms with Crippen molar-refractivity contribution < 1.29 is 24.2 Å². The first-order valence-electron chi connectivity index (χ1n) is 10.9. The lowest BCUT2D eigenvalue weighted by molar-refractivity contribution is -0.121. The fourth-order valence-electron chi connectivity index (χ4n) is 4.15. The highest BCUT2D eigenvalue weighted by atomic mass is 16.5. The number of carbonyl (C=O) groups excluding carboxylic acids is 2. The summed E-state index contributed by atoms with van der Waals surface area (Å²) in [4.78, 5) is 37.1. The lowest BCUT2D eigenvalue weighted by atomic mass is 9.97. The van der Waals surface area contributed by atoms with Gasteiger partial charge in [-0.25, -0.2) is 9.59 Å². The minimum Gasteiger partial charge on any atom is -0.477 e. The zero-order valence-corrected chi connectivity index (χ0v) is 19.2. The van der Waals surface area contributed by atoms with Crippen molar-refractivity contribution in [2.45, 2.75) is 31.7 Å². The average molecular weight is 463 g/mol. The number of aryl methyl sites for hydroxylation is 1. The number of rotatable bonds is 7. The molecule has 0 saturated carbocycles. The van der Waals surface area contributed by atoms with Gasteiger partial charge in [0.1, 0.15) is 17.7 Å². The van der Waals surface area contributed by atoms with Crippen LogP contribution < -0.4 is 10.6 Å². The molecule has 0 saturated heterocycles. The van der Waals surface area contributed by atoms with Gasteiger partial charge in [-0.15, -0.1) is 0 Å². The lowest BCUT2D eigenvalue weighted by Gasteiger charge is -2.28. The number of nitrogens with one attached hydrogen (secondary N) is 2. The smallest absolute Gasteiger partial charge is 0.408 e. The fraction of sp³-hybridized carbons (Fsp3) is 0.280. The molecule has 1 aromatic heterocycles. The SMILES string of the molecule is CCC(C)(NC(=O)OCC1c2ccccc2-c2ccccc21)C(=O)Nc1nn(C)cc1C(=O)O. The van der Waals surface area contributed by atoms with Crippen LogP contribution in [0.3, 0.4) is 0 Å². The van der Waals surface area contributed by atoms with E-state index in [9.17, 15) is 19.5 Å². The molecule has 9 nitrogen and oxygen atoms in total. The highest BCUT2D eigenvalue weighted by Gasteiger charge is 2.36. The van der Waals surface area contributed by atoms with Crippen LogP contribution in [-0.2, 0) is 16.6 Å². The Morgan fingerprint density at radius 1 is 1.09 bits per heavy atom. The second-order valence-corrected chi connectivity index (χ2v) is 8.46. The van der Waals surface area contributed by atoms with Gasteiger partial charge in [-0.05, 0) is 35.6 Å². The summed E-state index contributed by atoms with van der Waals surface area (Å²) in [5.74, 6) is -2.00. The minimum atomic E-state index is -1.34. The van der Waals surface area contributed by atoms with Gasteiger partial charge in [0.2, 0.25) is 0 Å². The van der Waals surface area contributed by atoms with E-state index in [1.165, 1.54) is 10.9 Å². The van der Waals surface area contributed by atoms with Gasteiger partial charge in [0, 0.05) is 19.2 Å². The molecule has 0 aliphatic heterocycles. The molecule has 0 bridgehead atoms. The molecule has 9 heteroatoms. The Morgan fingerprint density at radius 2 is 1.68 bits per heavy atom. The van der Waals surface area contributed by atoms with E-state index in [0.717, 1.165) is 22.3 Å². The van der Waals surface area contributed by atoms with Gasteiger partial charge in [-0.1, -0.05) is 55.5 Å². The number of benzene rings is 2. The van der Waals surface area contributed by atoms with Crippen molar-refractivity contribution in [1.29, 1.82) is 0 Å². The molecule has 1 heterocycles. The van der Waals surface area contributed by atoms with Crippen molar-refractivity contribution in [1.82, 2.24) is 15.1 Å². The van der Waals surface area contributed by atoms with Crippen LogP contribution in [0.15, 0.2) is 54.7 Å². The number of amides is 2. The largest absolute Gasteiger partial charge is 0.477 e. The predicted octanol–water partition coefficient (Wildman–Crippen LogP) is 3.76. The molecule has 0 radical (unpaired) electrons. The van der Waals surface area contributed by atoms with Gasteiger partial charge in [0.15, 0.2) is 5.82 Å². The van der Waals surface area contributed by atoms with Crippen molar-refractivity contribution in [3.63, 3.8) is 0 Å². The highest BCUT2D eigenvalue weighted by Crippen LogP contribution is 2.44. The molecule has 176 valence electrons. The maximum Gasteiger partial charge on any atom is 0.408 e. The highest BCUT2D eigenvalue weighted by molar-refractivity contribution is 6.03. The number of fused-ring (bicyclic) bond motifs is 3. The minimum absolute atomic E-state index is 0.0889. The van der Waals surface area contributed by atoms with Gasteiger partial charge < -0.3 is 20.5 Å². The summed E-state index contributed by atoms with van der Waals surface area (Å²) in [5.41, 5.74) is 2.93. The maximum absolute atomic E-state index is 12.9. The van der Waals surface area contributed by atoms with Gasteiger partial charge in [0.05, 0.1) is 0 Å². The first kappa shape index (κ1) is 23.0. The third-order valence-electron chi connectivity index (χ3n) is 6.22. The van der Waals surface area contributed by atoms with E-state index >= 15 is 0 Å². The average Bonchev–Trinajstić information content (AvgIpc) is 3.35. The third kappa shape index (κ3) is 4.24. The van der Waals surface area contributed by atoms with E-state index < -0.39 is 23.5 Å². The number of carboxylic acids is 1. The summed E-state index contributed by atoms with van der Waals surface area (Å²) in [7, 11) is 1.55. The summed E-state index contributed by atoms with van der Waals surface area (Å²) >= 11 is 0. The topological polar surface area (TPSA) is 123 Å². The molecule has 1 aliphatic rings. The normalized spacial score (nSPS) is 14.0. The van der Waals surface area contributed by atoms with E-state index in [-0.39, 0.29) is 30.3 Å². The zero-order valence-electron chi connectivity index (χ0n) is 19.2. The molecular weight excluding hydrogens is 436 g/mol. The predicted molar refractivity (Wildman–Crippen MR) is 126 cm³/mol. The summed E-state index contributed by atoms with van der Waals surface area (Å²) in [6.07, 6.45) is 0.805. The fourth-order valence-corrected chi connectivity index (χ4v) is 4.15. The van der Waals surface area contributed by atoms with Crippen molar-refractivity contribution in [3.8, 4) is 11.1 Å². The Labute approximate surface area is 196 Å². The molecule has 4 rings (SSSR count). The molecule has 1 aliphatic carbocycles. The molecule has 2 amide bonds. The number of aromatic carboxylic acids is 1. The first-order chi connectivity index (χ1) is 16.2. The molecular formula is C25H26N4O5. The Morgan fingerprint density at radius 3 is 2.24 bits per heavy atom. The van der Waals surface area contributed by atoms with Crippen LogP contribution in [0.25, 0.3) is 11.1 Å². The van der Waals surface area contributed by atoms with Crippen molar-refractivity contribution in [3.05, 3.63) is 71.4 Å². The number of carbonyl (C=O) groups is 3. The van der Waals surface area contributed by atoms with E-state index in [1.54, 1.807) is 20.9 Å². The van der Waals surface area contributed by atoms with Crippen LogP contribution in [0, 0.1) is 0 Å². The van der Waals surface area contributed by atoms with Crippen LogP contribution in [0.2, 0.25) is 0 Å². The standard InChI is InChI=1S/C25H26N4O5/c1-4-25(2,23(32)26-21-19(22(30)31)13-29(3)28-21)27-24(33)34-14-20-17-11-7-5-9-15(17)16-10-6-8-12-18(16)20/h5-13,20H,4,14H2,1-3H3,(H,27,33)(H,30,31)(H,26,28,32). The Bertz CT molecular complexity index is 1220. The van der Waals surface area contributed by atoms with E-state index in [0.29, 0.717) is 0 Å². The van der Waals surface area contributed by atoms with Gasteiger partial charge >= 0.3 is 12.1 Å². The van der Waals surface area contributed by atoms with E-state index in [2.05, 4.69) is 27.9 Å². The molecule has 1 atom stereocenters. The summed E-state index contributed by atoms with van der Waals surface area (Å²) in [6, 6.07) is 16.0. The molecule has 0 spiro atoms. The summed E-state index contributed by atoms with van der Waals surface area (Å²) in [6.45, 7) is 3.40. The van der Waals surface area contributed by atoms with Gasteiger partial charge in [0.25, 0.3) is 5.91 Å². The lowest BCUT2D eigenvalue weighted by Crippen LogP contribution is -2.54. The molecule has 3 N–H and O–H groups in total. The number of carboxylic acid groups (broad SMARTS) is 1. The Hall–Kier alpha value is -4.14. The number of nitrogens with zero attached hydrogens (tertiary/aromatic N) is 2. The molecule has 1 unspecified atom stereocenters. The van der Waals surface area contributed by atoms with E-state index in [1.807, 2.05) is 36.4 Å². The molecule has 3 aromatic rings. The monoisotopic (exact) mass is 462 g/mol. The summed E-state index contributed by atoms with van der Waals surface area (Å²) < 4.78 is 6.85. The van der Waals surface area contributed by atoms with Crippen LogP contribution in [-0.4, -0.2) is 45.0 Å². The second kappa shape index (κ2) is 9.01. The Kier molecular flexibility index (Phi) is 6.10. The van der Waals surface area contributed by atoms with Gasteiger partial charge in [-0.2, -0.15) is 5.10 Å². The Balaban J connectivity index is 1.45. The summed E-state index contributed by atoms with van der Waals surface area (Å²) in [5, 5.41) is 18.5. The molecule has 2 aromatic carbocycles. The van der Waals surface area contributed by atoms with Crippen molar-refractivity contribution in [2.75, 3.05) is 11.9 Å². The number of anilines is 1. The third-order valence-corrected chi connectivity index (χ3v) is 6.22. The van der Waals surface area contributed by atoms with Crippen LogP contribution in [0.1, 0.15) is 47.7 Å².